The van der Waals surface area contributed by atoms with Crippen LogP contribution in [0, 0.1) is 11.3 Å². The molecular formula is C15H19N3O2. The molecule has 0 amide bonds. The van der Waals surface area contributed by atoms with Crippen molar-refractivity contribution in [2.75, 3.05) is 14.2 Å². The molecule has 106 valence electrons. The molecule has 1 heterocycles. The summed E-state index contributed by atoms with van der Waals surface area (Å²) < 4.78 is 12.6. The number of aromatic nitrogens is 2. The number of benzene rings is 1. The fourth-order valence-electron chi connectivity index (χ4n) is 2.26. The lowest BCUT2D eigenvalue weighted by Crippen LogP contribution is -2.18. The van der Waals surface area contributed by atoms with Gasteiger partial charge in [-0.3, -0.25) is 0 Å². The molecule has 0 bridgehead atoms. The summed E-state index contributed by atoms with van der Waals surface area (Å²) in [5.74, 6) is 2.16. The van der Waals surface area contributed by atoms with Crippen LogP contribution in [0.25, 0.3) is 11.0 Å². The molecule has 1 aromatic carbocycles. The van der Waals surface area contributed by atoms with Crippen molar-refractivity contribution in [3.8, 4) is 17.6 Å². The van der Waals surface area contributed by atoms with Gasteiger partial charge in [-0.15, -0.1) is 0 Å². The third-order valence-corrected chi connectivity index (χ3v) is 3.15. The molecule has 20 heavy (non-hydrogen) atoms. The normalized spacial score (nSPS) is 11.4. The Bertz CT molecular complexity index is 675. The Morgan fingerprint density at radius 2 is 1.80 bits per heavy atom. The van der Waals surface area contributed by atoms with Gasteiger partial charge in [-0.2, -0.15) is 5.26 Å². The maximum absolute atomic E-state index is 9.06. The molecule has 0 N–H and O–H groups in total. The molecule has 0 saturated heterocycles. The van der Waals surface area contributed by atoms with Gasteiger partial charge in [0, 0.05) is 17.5 Å². The predicted octanol–water partition coefficient (Wildman–Crippen LogP) is 2.87. The van der Waals surface area contributed by atoms with Crippen molar-refractivity contribution >= 4 is 11.0 Å². The third kappa shape index (κ3) is 2.29. The first-order valence-electron chi connectivity index (χ1n) is 6.42. The molecule has 0 radical (unpaired) electrons. The van der Waals surface area contributed by atoms with E-state index in [9.17, 15) is 0 Å². The molecule has 2 rings (SSSR count). The van der Waals surface area contributed by atoms with Crippen LogP contribution in [-0.2, 0) is 12.0 Å². The maximum Gasteiger partial charge on any atom is 0.163 e. The van der Waals surface area contributed by atoms with E-state index in [1.165, 1.54) is 0 Å². The molecule has 2 aromatic rings. The zero-order valence-electron chi connectivity index (χ0n) is 12.5. The van der Waals surface area contributed by atoms with Crippen LogP contribution in [0.5, 0.6) is 11.5 Å². The van der Waals surface area contributed by atoms with E-state index in [-0.39, 0.29) is 12.0 Å². The number of methoxy groups -OCH3 is 2. The topological polar surface area (TPSA) is 60.1 Å². The van der Waals surface area contributed by atoms with E-state index in [0.717, 1.165) is 16.9 Å². The summed E-state index contributed by atoms with van der Waals surface area (Å²) in [6.07, 6.45) is 0. The van der Waals surface area contributed by atoms with Crippen LogP contribution >= 0.6 is 0 Å². The van der Waals surface area contributed by atoms with E-state index >= 15 is 0 Å². The van der Waals surface area contributed by atoms with Crippen molar-refractivity contribution in [2.45, 2.75) is 32.7 Å². The molecule has 5 heteroatoms. The Hall–Kier alpha value is -2.22. The molecule has 0 fully saturated rings. The Balaban J connectivity index is 2.78. The molecule has 0 atom stereocenters. The number of hydrogen-bond donors (Lipinski definition) is 0. The summed E-state index contributed by atoms with van der Waals surface area (Å²) in [7, 11) is 3.19. The average Bonchev–Trinajstić information content (AvgIpc) is 2.75. The van der Waals surface area contributed by atoms with Crippen molar-refractivity contribution in [1.29, 1.82) is 5.26 Å². The minimum Gasteiger partial charge on any atom is -0.493 e. The summed E-state index contributed by atoms with van der Waals surface area (Å²) in [6, 6.07) is 5.91. The summed E-state index contributed by atoms with van der Waals surface area (Å²) in [5.41, 5.74) is 1.55. The highest BCUT2D eigenvalue weighted by atomic mass is 16.5. The minimum atomic E-state index is -0.143. The second-order valence-corrected chi connectivity index (χ2v) is 5.63. The monoisotopic (exact) mass is 273 g/mol. The maximum atomic E-state index is 9.06. The second kappa shape index (κ2) is 5.04. The lowest BCUT2D eigenvalue weighted by atomic mass is 9.96. The summed E-state index contributed by atoms with van der Waals surface area (Å²) >= 11 is 0. The van der Waals surface area contributed by atoms with Crippen LogP contribution in [0.3, 0.4) is 0 Å². The first-order chi connectivity index (χ1) is 9.42. The average molecular weight is 273 g/mol. The van der Waals surface area contributed by atoms with E-state index in [2.05, 4.69) is 31.8 Å². The highest BCUT2D eigenvalue weighted by Crippen LogP contribution is 2.34. The Labute approximate surface area is 118 Å². The number of ether oxygens (including phenoxy) is 2. The Kier molecular flexibility index (Phi) is 3.58. The van der Waals surface area contributed by atoms with Gasteiger partial charge in [-0.1, -0.05) is 20.8 Å². The van der Waals surface area contributed by atoms with Crippen molar-refractivity contribution in [1.82, 2.24) is 9.55 Å². The number of imidazole rings is 1. The van der Waals surface area contributed by atoms with Gasteiger partial charge in [0.1, 0.15) is 12.4 Å². The van der Waals surface area contributed by atoms with E-state index in [0.29, 0.717) is 11.5 Å². The smallest absolute Gasteiger partial charge is 0.163 e. The second-order valence-electron chi connectivity index (χ2n) is 5.63. The number of rotatable bonds is 3. The standard InChI is InChI=1S/C15H19N3O2/c1-15(2,3)14-17-10-8-12(19-4)13(20-5)9-11(10)18(14)7-6-16/h8-9H,7H2,1-5H3. The van der Waals surface area contributed by atoms with Crippen molar-refractivity contribution < 1.29 is 9.47 Å². The molecule has 0 aliphatic rings. The Morgan fingerprint density at radius 3 is 2.30 bits per heavy atom. The molecule has 0 saturated carbocycles. The van der Waals surface area contributed by atoms with E-state index in [1.54, 1.807) is 14.2 Å². The first kappa shape index (κ1) is 14.2. The quantitative estimate of drug-likeness (QED) is 0.862. The lowest BCUT2D eigenvalue weighted by Gasteiger charge is -2.18. The van der Waals surface area contributed by atoms with E-state index in [1.807, 2.05) is 16.7 Å². The molecule has 0 aliphatic carbocycles. The molecular weight excluding hydrogens is 254 g/mol. The molecule has 0 aliphatic heterocycles. The summed E-state index contributed by atoms with van der Waals surface area (Å²) in [4.78, 5) is 4.66. The lowest BCUT2D eigenvalue weighted by molar-refractivity contribution is 0.355. The van der Waals surface area contributed by atoms with Crippen LogP contribution in [0.4, 0.5) is 0 Å². The van der Waals surface area contributed by atoms with E-state index in [4.69, 9.17) is 14.7 Å². The zero-order chi connectivity index (χ0) is 14.9. The van der Waals surface area contributed by atoms with E-state index < -0.39 is 0 Å². The molecule has 0 spiro atoms. The van der Waals surface area contributed by atoms with Gasteiger partial charge in [0.25, 0.3) is 0 Å². The van der Waals surface area contributed by atoms with Crippen LogP contribution in [-0.4, -0.2) is 23.8 Å². The van der Waals surface area contributed by atoms with Gasteiger partial charge in [0.2, 0.25) is 0 Å². The highest BCUT2D eigenvalue weighted by Gasteiger charge is 2.24. The highest BCUT2D eigenvalue weighted by molar-refractivity contribution is 5.81. The van der Waals surface area contributed by atoms with Crippen LogP contribution < -0.4 is 9.47 Å². The minimum absolute atomic E-state index is 0.143. The van der Waals surface area contributed by atoms with Crippen LogP contribution in [0.15, 0.2) is 12.1 Å². The van der Waals surface area contributed by atoms with Gasteiger partial charge < -0.3 is 14.0 Å². The predicted molar refractivity (Wildman–Crippen MR) is 77.2 cm³/mol. The van der Waals surface area contributed by atoms with Gasteiger partial charge >= 0.3 is 0 Å². The number of fused-ring (bicyclic) bond motifs is 1. The summed E-state index contributed by atoms with van der Waals surface area (Å²) in [6.45, 7) is 6.50. The largest absolute Gasteiger partial charge is 0.493 e. The summed E-state index contributed by atoms with van der Waals surface area (Å²) in [5, 5.41) is 9.06. The Morgan fingerprint density at radius 1 is 1.20 bits per heavy atom. The van der Waals surface area contributed by atoms with Gasteiger partial charge in [0.15, 0.2) is 11.5 Å². The molecule has 5 nitrogen and oxygen atoms in total. The van der Waals surface area contributed by atoms with Crippen molar-refractivity contribution in [2.24, 2.45) is 0 Å². The zero-order valence-corrected chi connectivity index (χ0v) is 12.5. The fourth-order valence-corrected chi connectivity index (χ4v) is 2.26. The van der Waals surface area contributed by atoms with Crippen molar-refractivity contribution in [3.63, 3.8) is 0 Å². The van der Waals surface area contributed by atoms with Crippen LogP contribution in [0.2, 0.25) is 0 Å². The molecule has 1 aromatic heterocycles. The number of hydrogen-bond acceptors (Lipinski definition) is 4. The number of nitrogens with zero attached hydrogens (tertiary/aromatic N) is 3. The first-order valence-corrected chi connectivity index (χ1v) is 6.42. The molecule has 0 unspecified atom stereocenters. The van der Waals surface area contributed by atoms with Crippen LogP contribution in [0.1, 0.15) is 26.6 Å². The van der Waals surface area contributed by atoms with Crippen molar-refractivity contribution in [3.05, 3.63) is 18.0 Å². The van der Waals surface area contributed by atoms with Gasteiger partial charge in [0.05, 0.1) is 31.3 Å². The van der Waals surface area contributed by atoms with Gasteiger partial charge in [-0.25, -0.2) is 4.98 Å². The van der Waals surface area contributed by atoms with Gasteiger partial charge in [-0.05, 0) is 0 Å². The number of nitriles is 1. The SMILES string of the molecule is COc1cc2nc(C(C)(C)C)n(CC#N)c2cc1OC. The third-order valence-electron chi connectivity index (χ3n) is 3.15. The fraction of sp³-hybridized carbons (Fsp3) is 0.467.